The van der Waals surface area contributed by atoms with Gasteiger partial charge in [-0.3, -0.25) is 14.4 Å². The van der Waals surface area contributed by atoms with Crippen LogP contribution in [0.15, 0.2) is 72.8 Å². The van der Waals surface area contributed by atoms with Gasteiger partial charge in [-0.2, -0.15) is 0 Å². The first-order chi connectivity index (χ1) is 22.1. The summed E-state index contributed by atoms with van der Waals surface area (Å²) in [6.07, 6.45) is 5.23. The molecule has 11 heteroatoms. The van der Waals surface area contributed by atoms with Crippen LogP contribution in [-0.4, -0.2) is 63.2 Å². The maximum atomic E-state index is 11.9. The van der Waals surface area contributed by atoms with Gasteiger partial charge in [-0.25, -0.2) is 0 Å². The second kappa shape index (κ2) is 17.7. The van der Waals surface area contributed by atoms with E-state index in [1.165, 1.54) is 41.1 Å². The Bertz CT molecular complexity index is 1530. The van der Waals surface area contributed by atoms with Crippen molar-refractivity contribution in [2.75, 3.05) is 34.0 Å². The minimum absolute atomic E-state index is 0.0673. The Kier molecular flexibility index (Phi) is 13.5. The lowest BCUT2D eigenvalue weighted by atomic mass is 10.0. The number of esters is 3. The molecule has 1 N–H and O–H groups in total. The van der Waals surface area contributed by atoms with Gasteiger partial charge in [0.25, 0.3) is 0 Å². The quantitative estimate of drug-likeness (QED) is 0.154. The van der Waals surface area contributed by atoms with Crippen LogP contribution in [0.25, 0.3) is 12.2 Å². The molecule has 11 nitrogen and oxygen atoms in total. The van der Waals surface area contributed by atoms with Gasteiger partial charge in [-0.15, -0.1) is 0 Å². The fraction of sp³-hybridized carbons (Fsp3) is 0.286. The summed E-state index contributed by atoms with van der Waals surface area (Å²) >= 11 is 0. The van der Waals surface area contributed by atoms with Gasteiger partial charge < -0.3 is 38.3 Å². The lowest BCUT2D eigenvalue weighted by Gasteiger charge is -2.29. The molecule has 0 heterocycles. The first kappa shape index (κ1) is 35.0. The molecule has 3 rings (SSSR count). The Hall–Kier alpha value is -5.45. The van der Waals surface area contributed by atoms with Gasteiger partial charge in [0, 0.05) is 26.3 Å². The molecule has 0 saturated carbocycles. The van der Waals surface area contributed by atoms with E-state index in [0.717, 1.165) is 11.1 Å². The van der Waals surface area contributed by atoms with Crippen LogP contribution in [-0.2, 0) is 28.6 Å². The smallest absolute Gasteiger partial charge is 0.302 e. The topological polar surface area (TPSA) is 136 Å². The molecule has 0 aliphatic heterocycles. The van der Waals surface area contributed by atoms with Crippen LogP contribution in [0, 0.1) is 0 Å². The third-order valence-corrected chi connectivity index (χ3v) is 6.32. The molecular weight excluding hydrogens is 596 g/mol. The van der Waals surface area contributed by atoms with Gasteiger partial charge >= 0.3 is 17.9 Å². The molecule has 3 aromatic rings. The Morgan fingerprint density at radius 3 is 1.85 bits per heavy atom. The van der Waals surface area contributed by atoms with Gasteiger partial charge in [0.05, 0.1) is 14.2 Å². The zero-order valence-corrected chi connectivity index (χ0v) is 26.4. The van der Waals surface area contributed by atoms with Gasteiger partial charge in [0.1, 0.15) is 25.6 Å². The SMILES string of the molecule is COc1cc(C(Oc2ccc(/C=C/COC(C)=O)cc2OC)C(COC(C)=O)Oc2ccc(/C=C/COC(C)=O)cc2)ccc1O. The molecule has 0 fully saturated rings. The Labute approximate surface area is 267 Å². The number of carbonyl (C=O) groups excluding carboxylic acids is 3. The molecule has 244 valence electrons. The van der Waals surface area contributed by atoms with Crippen molar-refractivity contribution in [1.82, 2.24) is 0 Å². The van der Waals surface area contributed by atoms with Crippen molar-refractivity contribution in [2.24, 2.45) is 0 Å². The Morgan fingerprint density at radius 2 is 1.26 bits per heavy atom. The van der Waals surface area contributed by atoms with E-state index in [-0.39, 0.29) is 43.3 Å². The summed E-state index contributed by atoms with van der Waals surface area (Å²) in [4.78, 5) is 33.9. The lowest BCUT2D eigenvalue weighted by molar-refractivity contribution is -0.145. The number of hydrogen-bond acceptors (Lipinski definition) is 11. The first-order valence-corrected chi connectivity index (χ1v) is 14.3. The van der Waals surface area contributed by atoms with Crippen LogP contribution in [0.3, 0.4) is 0 Å². The van der Waals surface area contributed by atoms with Gasteiger partial charge in [-0.1, -0.05) is 36.4 Å². The van der Waals surface area contributed by atoms with Crippen LogP contribution < -0.4 is 18.9 Å². The van der Waals surface area contributed by atoms with Gasteiger partial charge in [-0.05, 0) is 59.7 Å². The summed E-state index contributed by atoms with van der Waals surface area (Å²) in [7, 11) is 2.93. The van der Waals surface area contributed by atoms with Crippen molar-refractivity contribution >= 4 is 30.1 Å². The van der Waals surface area contributed by atoms with Crippen LogP contribution in [0.1, 0.15) is 43.6 Å². The summed E-state index contributed by atoms with van der Waals surface area (Å²) in [5.74, 6) is 0.127. The van der Waals surface area contributed by atoms with Crippen LogP contribution >= 0.6 is 0 Å². The van der Waals surface area contributed by atoms with Crippen molar-refractivity contribution in [3.8, 4) is 28.7 Å². The summed E-state index contributed by atoms with van der Waals surface area (Å²) in [5.41, 5.74) is 2.18. The number of methoxy groups -OCH3 is 2. The van der Waals surface area contributed by atoms with Gasteiger partial charge in [0.2, 0.25) is 0 Å². The molecule has 0 spiro atoms. The molecule has 0 amide bonds. The summed E-state index contributed by atoms with van der Waals surface area (Å²) in [5, 5.41) is 10.3. The molecule has 0 aliphatic carbocycles. The third-order valence-electron chi connectivity index (χ3n) is 6.32. The van der Waals surface area contributed by atoms with Crippen LogP contribution in [0.2, 0.25) is 0 Å². The highest BCUT2D eigenvalue weighted by molar-refractivity contribution is 5.67. The maximum absolute atomic E-state index is 11.9. The number of phenolic OH excluding ortho intramolecular Hbond substituents is 1. The molecular formula is C35H38O11. The number of aromatic hydroxyl groups is 1. The minimum Gasteiger partial charge on any atom is -0.504 e. The van der Waals surface area contributed by atoms with E-state index in [0.29, 0.717) is 22.8 Å². The number of hydrogen-bond donors (Lipinski definition) is 1. The number of carbonyl (C=O) groups is 3. The van der Waals surface area contributed by atoms with Crippen molar-refractivity contribution < 1.29 is 52.6 Å². The largest absolute Gasteiger partial charge is 0.504 e. The zero-order valence-electron chi connectivity index (χ0n) is 26.4. The Morgan fingerprint density at radius 1 is 0.674 bits per heavy atom. The molecule has 46 heavy (non-hydrogen) atoms. The molecule has 3 aromatic carbocycles. The average molecular weight is 635 g/mol. The summed E-state index contributed by atoms with van der Waals surface area (Å²) in [6.45, 7) is 4.08. The lowest BCUT2D eigenvalue weighted by Crippen LogP contribution is -2.34. The predicted octanol–water partition coefficient (Wildman–Crippen LogP) is 5.69. The fourth-order valence-electron chi connectivity index (χ4n) is 4.17. The van der Waals surface area contributed by atoms with E-state index >= 15 is 0 Å². The predicted molar refractivity (Wildman–Crippen MR) is 170 cm³/mol. The second-order valence-corrected chi connectivity index (χ2v) is 9.82. The molecule has 0 aromatic heterocycles. The molecule has 0 saturated heterocycles. The standard InChI is InChI=1S/C35H38O11/c1-23(36)42-18-6-8-26-10-14-29(15-11-26)45-34(22-44-25(3)38)35(28-13-16-30(39)32(21-28)40-4)46-31-17-12-27(20-33(31)41-5)9-7-19-43-24(2)37/h6-17,20-21,34-35,39H,18-19,22H2,1-5H3/b8-6+,9-7+. The molecule has 0 radical (unpaired) electrons. The van der Waals surface area contributed by atoms with E-state index in [4.69, 9.17) is 33.2 Å². The van der Waals surface area contributed by atoms with E-state index in [1.54, 1.807) is 66.8 Å². The number of phenols is 1. The maximum Gasteiger partial charge on any atom is 0.302 e. The highest BCUT2D eigenvalue weighted by Crippen LogP contribution is 2.37. The zero-order chi connectivity index (χ0) is 33.5. The molecule has 2 atom stereocenters. The van der Waals surface area contributed by atoms with E-state index < -0.39 is 18.2 Å². The second-order valence-electron chi connectivity index (χ2n) is 9.82. The monoisotopic (exact) mass is 634 g/mol. The summed E-state index contributed by atoms with van der Waals surface area (Å²) < 4.78 is 39.1. The van der Waals surface area contributed by atoms with Crippen molar-refractivity contribution in [3.63, 3.8) is 0 Å². The number of rotatable bonds is 16. The van der Waals surface area contributed by atoms with Crippen LogP contribution in [0.5, 0.6) is 28.7 Å². The molecule has 2 unspecified atom stereocenters. The van der Waals surface area contributed by atoms with Gasteiger partial charge in [0.15, 0.2) is 35.2 Å². The van der Waals surface area contributed by atoms with Crippen molar-refractivity contribution in [3.05, 3.63) is 89.5 Å². The number of ether oxygens (including phenoxy) is 7. The molecule has 0 bridgehead atoms. The third kappa shape index (κ3) is 11.2. The normalized spacial score (nSPS) is 12.3. The Balaban J connectivity index is 1.96. The molecule has 0 aliphatic rings. The first-order valence-electron chi connectivity index (χ1n) is 14.3. The fourth-order valence-corrected chi connectivity index (χ4v) is 4.17. The average Bonchev–Trinajstić information content (AvgIpc) is 3.03. The summed E-state index contributed by atoms with van der Waals surface area (Å²) in [6, 6.07) is 17.1. The van der Waals surface area contributed by atoms with Crippen molar-refractivity contribution in [1.29, 1.82) is 0 Å². The van der Waals surface area contributed by atoms with E-state index in [2.05, 4.69) is 0 Å². The number of benzene rings is 3. The van der Waals surface area contributed by atoms with E-state index in [9.17, 15) is 19.5 Å². The van der Waals surface area contributed by atoms with E-state index in [1.807, 2.05) is 12.1 Å². The highest BCUT2D eigenvalue weighted by Gasteiger charge is 2.31. The highest BCUT2D eigenvalue weighted by atomic mass is 16.6. The van der Waals surface area contributed by atoms with Crippen molar-refractivity contribution in [2.45, 2.75) is 33.0 Å². The minimum atomic E-state index is -0.892. The van der Waals surface area contributed by atoms with Crippen LogP contribution in [0.4, 0.5) is 0 Å².